The summed E-state index contributed by atoms with van der Waals surface area (Å²) in [6, 6.07) is 5.66. The zero-order valence-corrected chi connectivity index (χ0v) is 12.0. The number of hydrogen-bond acceptors (Lipinski definition) is 2. The maximum Gasteiger partial charge on any atom is 0.0717 e. The summed E-state index contributed by atoms with van der Waals surface area (Å²) >= 11 is 5.86. The number of anilines is 1. The van der Waals surface area contributed by atoms with E-state index in [0.29, 0.717) is 17.3 Å². The molecule has 0 aliphatic rings. The number of hydrogen-bond donors (Lipinski definition) is 1. The lowest BCUT2D eigenvalue weighted by Gasteiger charge is -2.06. The van der Waals surface area contributed by atoms with Crippen molar-refractivity contribution in [3.05, 3.63) is 28.8 Å². The molecule has 0 aliphatic carbocycles. The molecule has 102 valence electrons. The fraction of sp³-hybridized carbons (Fsp3) is 0.600. The molecule has 0 unspecified atom stereocenters. The van der Waals surface area contributed by atoms with Crippen molar-refractivity contribution in [2.75, 3.05) is 12.3 Å². The molecule has 3 heteroatoms. The molecule has 1 aromatic carbocycles. The van der Waals surface area contributed by atoms with Gasteiger partial charge in [-0.05, 0) is 24.1 Å². The Morgan fingerprint density at radius 3 is 2.56 bits per heavy atom. The van der Waals surface area contributed by atoms with E-state index in [4.69, 9.17) is 22.1 Å². The highest BCUT2D eigenvalue weighted by Crippen LogP contribution is 2.19. The third kappa shape index (κ3) is 6.27. The summed E-state index contributed by atoms with van der Waals surface area (Å²) in [6.07, 6.45) is 7.74. The number of halogens is 1. The minimum atomic E-state index is 0.606. The lowest BCUT2D eigenvalue weighted by atomic mass is 10.1. The van der Waals surface area contributed by atoms with Crippen molar-refractivity contribution in [2.24, 2.45) is 0 Å². The molecule has 0 bridgehead atoms. The predicted octanol–water partition coefficient (Wildman–Crippen LogP) is 4.80. The maximum absolute atomic E-state index is 5.86. The Labute approximate surface area is 115 Å². The largest absolute Gasteiger partial charge is 0.398 e. The van der Waals surface area contributed by atoms with Crippen LogP contribution in [0.3, 0.4) is 0 Å². The van der Waals surface area contributed by atoms with Crippen molar-refractivity contribution >= 4 is 17.3 Å². The van der Waals surface area contributed by atoms with Crippen LogP contribution in [0.4, 0.5) is 5.69 Å². The van der Waals surface area contributed by atoms with Gasteiger partial charge in [0.1, 0.15) is 0 Å². The average molecular weight is 270 g/mol. The average Bonchev–Trinajstić information content (AvgIpc) is 2.37. The first kappa shape index (κ1) is 15.3. The molecule has 2 N–H and O–H groups in total. The van der Waals surface area contributed by atoms with Gasteiger partial charge in [-0.15, -0.1) is 0 Å². The Hall–Kier alpha value is -0.730. The minimum Gasteiger partial charge on any atom is -0.398 e. The van der Waals surface area contributed by atoms with Crippen molar-refractivity contribution in [1.29, 1.82) is 0 Å². The summed E-state index contributed by atoms with van der Waals surface area (Å²) in [4.78, 5) is 0. The summed E-state index contributed by atoms with van der Waals surface area (Å²) in [5.41, 5.74) is 7.44. The Kier molecular flexibility index (Phi) is 7.86. The van der Waals surface area contributed by atoms with E-state index in [0.717, 1.165) is 18.6 Å². The van der Waals surface area contributed by atoms with Gasteiger partial charge in [0.05, 0.1) is 17.3 Å². The van der Waals surface area contributed by atoms with Gasteiger partial charge >= 0.3 is 0 Å². The number of benzene rings is 1. The highest BCUT2D eigenvalue weighted by Gasteiger charge is 1.98. The molecule has 0 aliphatic heterocycles. The van der Waals surface area contributed by atoms with Crippen LogP contribution in [0.15, 0.2) is 18.2 Å². The minimum absolute atomic E-state index is 0.606. The summed E-state index contributed by atoms with van der Waals surface area (Å²) in [5, 5.41) is 0.606. The van der Waals surface area contributed by atoms with Crippen LogP contribution in [0.1, 0.15) is 51.0 Å². The third-order valence-electron chi connectivity index (χ3n) is 2.97. The molecule has 1 rings (SSSR count). The lowest BCUT2D eigenvalue weighted by molar-refractivity contribution is 0.116. The molecule has 0 heterocycles. The van der Waals surface area contributed by atoms with Crippen LogP contribution in [-0.4, -0.2) is 6.61 Å². The van der Waals surface area contributed by atoms with Crippen LogP contribution in [-0.2, 0) is 11.3 Å². The van der Waals surface area contributed by atoms with E-state index in [1.165, 1.54) is 32.1 Å². The first-order valence-electron chi connectivity index (χ1n) is 6.85. The second-order valence-corrected chi connectivity index (χ2v) is 5.08. The number of rotatable bonds is 9. The Bertz CT molecular complexity index is 341. The molecule has 0 saturated carbocycles. The molecule has 0 spiro atoms. The standard InChI is InChI=1S/C15H24ClNO/c1-2-3-4-5-6-7-10-18-12-13-8-9-14(16)15(17)11-13/h8-9,11H,2-7,10,12,17H2,1H3. The van der Waals surface area contributed by atoms with Gasteiger partial charge in [0.15, 0.2) is 0 Å². The van der Waals surface area contributed by atoms with Gasteiger partial charge in [-0.2, -0.15) is 0 Å². The van der Waals surface area contributed by atoms with Gasteiger partial charge in [-0.1, -0.05) is 56.7 Å². The van der Waals surface area contributed by atoms with Crippen molar-refractivity contribution in [3.8, 4) is 0 Å². The summed E-state index contributed by atoms with van der Waals surface area (Å²) in [6.45, 7) is 3.69. The van der Waals surface area contributed by atoms with Gasteiger partial charge < -0.3 is 10.5 Å². The van der Waals surface area contributed by atoms with E-state index in [2.05, 4.69) is 6.92 Å². The maximum atomic E-state index is 5.86. The highest BCUT2D eigenvalue weighted by molar-refractivity contribution is 6.33. The summed E-state index contributed by atoms with van der Waals surface area (Å²) < 4.78 is 5.62. The Morgan fingerprint density at radius 2 is 1.83 bits per heavy atom. The van der Waals surface area contributed by atoms with Crippen molar-refractivity contribution < 1.29 is 4.74 Å². The fourth-order valence-corrected chi connectivity index (χ4v) is 1.98. The third-order valence-corrected chi connectivity index (χ3v) is 3.32. The van der Waals surface area contributed by atoms with Crippen LogP contribution in [0.2, 0.25) is 5.02 Å². The normalized spacial score (nSPS) is 10.8. The number of ether oxygens (including phenoxy) is 1. The molecular formula is C15H24ClNO. The molecule has 18 heavy (non-hydrogen) atoms. The lowest BCUT2D eigenvalue weighted by Crippen LogP contribution is -1.97. The van der Waals surface area contributed by atoms with Crippen molar-refractivity contribution in [2.45, 2.75) is 52.1 Å². The van der Waals surface area contributed by atoms with E-state index in [9.17, 15) is 0 Å². The molecule has 2 nitrogen and oxygen atoms in total. The number of unbranched alkanes of at least 4 members (excludes halogenated alkanes) is 5. The molecule has 0 amide bonds. The SMILES string of the molecule is CCCCCCCCOCc1ccc(Cl)c(N)c1. The summed E-state index contributed by atoms with van der Waals surface area (Å²) in [7, 11) is 0. The highest BCUT2D eigenvalue weighted by atomic mass is 35.5. The van der Waals surface area contributed by atoms with Gasteiger partial charge in [0.25, 0.3) is 0 Å². The molecule has 0 atom stereocenters. The van der Waals surface area contributed by atoms with Crippen molar-refractivity contribution in [3.63, 3.8) is 0 Å². The molecule has 0 radical (unpaired) electrons. The van der Waals surface area contributed by atoms with Gasteiger partial charge in [0, 0.05) is 6.61 Å². The molecule has 1 aromatic rings. The Balaban J connectivity index is 2.05. The van der Waals surface area contributed by atoms with Gasteiger partial charge in [-0.25, -0.2) is 0 Å². The van der Waals surface area contributed by atoms with Crippen LogP contribution < -0.4 is 5.73 Å². The van der Waals surface area contributed by atoms with Crippen LogP contribution in [0.25, 0.3) is 0 Å². The van der Waals surface area contributed by atoms with E-state index >= 15 is 0 Å². The van der Waals surface area contributed by atoms with Gasteiger partial charge in [-0.3, -0.25) is 0 Å². The second-order valence-electron chi connectivity index (χ2n) is 4.68. The first-order chi connectivity index (χ1) is 8.74. The zero-order valence-electron chi connectivity index (χ0n) is 11.3. The molecular weight excluding hydrogens is 246 g/mol. The summed E-state index contributed by atoms with van der Waals surface area (Å²) in [5.74, 6) is 0. The first-order valence-corrected chi connectivity index (χ1v) is 7.23. The van der Waals surface area contributed by atoms with Crippen LogP contribution in [0, 0.1) is 0 Å². The second kappa shape index (κ2) is 9.23. The monoisotopic (exact) mass is 269 g/mol. The zero-order chi connectivity index (χ0) is 13.2. The van der Waals surface area contributed by atoms with Gasteiger partial charge in [0.2, 0.25) is 0 Å². The topological polar surface area (TPSA) is 35.2 Å². The van der Waals surface area contributed by atoms with E-state index in [-0.39, 0.29) is 0 Å². The fourth-order valence-electron chi connectivity index (χ4n) is 1.86. The predicted molar refractivity (Wildman–Crippen MR) is 78.9 cm³/mol. The van der Waals surface area contributed by atoms with E-state index < -0.39 is 0 Å². The van der Waals surface area contributed by atoms with Crippen LogP contribution in [0.5, 0.6) is 0 Å². The molecule has 0 fully saturated rings. The molecule has 0 aromatic heterocycles. The van der Waals surface area contributed by atoms with Crippen molar-refractivity contribution in [1.82, 2.24) is 0 Å². The number of nitrogen functional groups attached to an aromatic ring is 1. The molecule has 0 saturated heterocycles. The van der Waals surface area contributed by atoms with E-state index in [1.807, 2.05) is 18.2 Å². The Morgan fingerprint density at radius 1 is 1.11 bits per heavy atom. The smallest absolute Gasteiger partial charge is 0.0717 e. The number of nitrogens with two attached hydrogens (primary N) is 1. The van der Waals surface area contributed by atoms with Crippen LogP contribution >= 0.6 is 11.6 Å². The van der Waals surface area contributed by atoms with E-state index in [1.54, 1.807) is 0 Å². The quantitative estimate of drug-likeness (QED) is 0.516.